The highest BCUT2D eigenvalue weighted by Gasteiger charge is 2.33. The van der Waals surface area contributed by atoms with Crippen LogP contribution in [0, 0.1) is 5.41 Å². The Morgan fingerprint density at radius 3 is 2.50 bits per heavy atom. The van der Waals surface area contributed by atoms with E-state index >= 15 is 0 Å². The van der Waals surface area contributed by atoms with Gasteiger partial charge in [0.2, 0.25) is 5.91 Å². The standard InChI is InChI=1S/C15H22N2O/c1-14(2,3)10-7-6-8-11-12(10)17-13(18)15(4,5)9-16-11/h6-8,16H,9H2,1-5H3,(H,17,18). The summed E-state index contributed by atoms with van der Waals surface area (Å²) in [5.74, 6) is 0.0745. The van der Waals surface area contributed by atoms with Gasteiger partial charge in [0.05, 0.1) is 16.8 Å². The molecule has 18 heavy (non-hydrogen) atoms. The minimum atomic E-state index is -0.395. The van der Waals surface area contributed by atoms with E-state index in [1.54, 1.807) is 0 Å². The van der Waals surface area contributed by atoms with Crippen LogP contribution in [0.1, 0.15) is 40.2 Å². The van der Waals surface area contributed by atoms with E-state index in [9.17, 15) is 4.79 Å². The number of carbonyl (C=O) groups is 1. The third-order valence-electron chi connectivity index (χ3n) is 3.45. The number of para-hydroxylation sites is 1. The fourth-order valence-electron chi connectivity index (χ4n) is 2.14. The number of carbonyl (C=O) groups excluding carboxylic acids is 1. The van der Waals surface area contributed by atoms with Crippen LogP contribution in [0.4, 0.5) is 11.4 Å². The molecule has 0 fully saturated rings. The van der Waals surface area contributed by atoms with Gasteiger partial charge in [0, 0.05) is 6.54 Å². The second-order valence-electron chi connectivity index (χ2n) is 6.67. The van der Waals surface area contributed by atoms with Gasteiger partial charge in [-0.3, -0.25) is 4.79 Å². The molecule has 0 aromatic heterocycles. The minimum Gasteiger partial charge on any atom is -0.382 e. The molecule has 1 aliphatic rings. The molecule has 1 heterocycles. The number of fused-ring (bicyclic) bond motifs is 1. The fourth-order valence-corrected chi connectivity index (χ4v) is 2.14. The van der Waals surface area contributed by atoms with Gasteiger partial charge < -0.3 is 10.6 Å². The molecular weight excluding hydrogens is 224 g/mol. The number of hydrogen-bond donors (Lipinski definition) is 2. The quantitative estimate of drug-likeness (QED) is 0.737. The topological polar surface area (TPSA) is 41.1 Å². The summed E-state index contributed by atoms with van der Waals surface area (Å²) in [5, 5.41) is 6.46. The van der Waals surface area contributed by atoms with Crippen molar-refractivity contribution in [3.8, 4) is 0 Å². The van der Waals surface area contributed by atoms with Gasteiger partial charge >= 0.3 is 0 Å². The molecule has 0 atom stereocenters. The van der Waals surface area contributed by atoms with E-state index in [4.69, 9.17) is 0 Å². The molecule has 0 radical (unpaired) electrons. The molecule has 0 unspecified atom stereocenters. The van der Waals surface area contributed by atoms with Crippen molar-refractivity contribution in [1.82, 2.24) is 0 Å². The molecule has 2 rings (SSSR count). The molecule has 98 valence electrons. The summed E-state index contributed by atoms with van der Waals surface area (Å²) in [4.78, 5) is 12.2. The first-order chi connectivity index (χ1) is 8.22. The highest BCUT2D eigenvalue weighted by atomic mass is 16.2. The lowest BCUT2D eigenvalue weighted by Gasteiger charge is -2.24. The number of rotatable bonds is 0. The Labute approximate surface area is 109 Å². The second kappa shape index (κ2) is 4.01. The summed E-state index contributed by atoms with van der Waals surface area (Å²) >= 11 is 0. The molecule has 0 spiro atoms. The zero-order valence-electron chi connectivity index (χ0n) is 11.8. The lowest BCUT2D eigenvalue weighted by Crippen LogP contribution is -2.34. The van der Waals surface area contributed by atoms with Crippen molar-refractivity contribution in [3.63, 3.8) is 0 Å². The number of anilines is 2. The van der Waals surface area contributed by atoms with Gasteiger partial charge in [-0.15, -0.1) is 0 Å². The SMILES string of the molecule is CC1(C)CNc2cccc(C(C)(C)C)c2NC1=O. The first-order valence-electron chi connectivity index (χ1n) is 6.41. The lowest BCUT2D eigenvalue weighted by molar-refractivity contribution is -0.123. The molecule has 1 aromatic carbocycles. The molecule has 1 aliphatic heterocycles. The Bertz CT molecular complexity index is 484. The lowest BCUT2D eigenvalue weighted by atomic mass is 9.85. The summed E-state index contributed by atoms with van der Waals surface area (Å²) in [6.07, 6.45) is 0. The van der Waals surface area contributed by atoms with Crippen molar-refractivity contribution in [2.45, 2.75) is 40.0 Å². The van der Waals surface area contributed by atoms with Crippen molar-refractivity contribution >= 4 is 17.3 Å². The predicted octanol–water partition coefficient (Wildman–Crippen LogP) is 3.37. The Morgan fingerprint density at radius 1 is 1.22 bits per heavy atom. The van der Waals surface area contributed by atoms with E-state index in [1.807, 2.05) is 26.0 Å². The average Bonchev–Trinajstić information content (AvgIpc) is 2.35. The van der Waals surface area contributed by atoms with Crippen LogP contribution in [0.15, 0.2) is 18.2 Å². The summed E-state index contributed by atoms with van der Waals surface area (Å²) in [5.41, 5.74) is 2.73. The van der Waals surface area contributed by atoms with E-state index in [2.05, 4.69) is 37.5 Å². The van der Waals surface area contributed by atoms with Crippen LogP contribution in [0.25, 0.3) is 0 Å². The molecule has 1 amide bonds. The van der Waals surface area contributed by atoms with Gasteiger partial charge in [-0.05, 0) is 30.9 Å². The third kappa shape index (κ3) is 2.22. The summed E-state index contributed by atoms with van der Waals surface area (Å²) in [6.45, 7) is 11.0. The van der Waals surface area contributed by atoms with E-state index < -0.39 is 5.41 Å². The monoisotopic (exact) mass is 246 g/mol. The molecule has 3 nitrogen and oxygen atoms in total. The summed E-state index contributed by atoms with van der Waals surface area (Å²) in [6, 6.07) is 6.14. The third-order valence-corrected chi connectivity index (χ3v) is 3.45. The van der Waals surface area contributed by atoms with Gasteiger partial charge in [-0.2, -0.15) is 0 Å². The smallest absolute Gasteiger partial charge is 0.231 e. The molecule has 0 saturated carbocycles. The normalized spacial score (nSPS) is 18.4. The van der Waals surface area contributed by atoms with Crippen LogP contribution in [0.2, 0.25) is 0 Å². The minimum absolute atomic E-state index is 0.00872. The van der Waals surface area contributed by atoms with Crippen molar-refractivity contribution in [2.24, 2.45) is 5.41 Å². The van der Waals surface area contributed by atoms with Gasteiger partial charge in [0.15, 0.2) is 0 Å². The fraction of sp³-hybridized carbons (Fsp3) is 0.533. The number of hydrogen-bond acceptors (Lipinski definition) is 2. The van der Waals surface area contributed by atoms with Gasteiger partial charge in [0.1, 0.15) is 0 Å². The predicted molar refractivity (Wildman–Crippen MR) is 76.0 cm³/mol. The Kier molecular flexibility index (Phi) is 2.88. The zero-order chi connectivity index (χ0) is 13.6. The van der Waals surface area contributed by atoms with Gasteiger partial charge in [0.25, 0.3) is 0 Å². The molecule has 0 bridgehead atoms. The first kappa shape index (κ1) is 12.9. The van der Waals surface area contributed by atoms with Crippen molar-refractivity contribution in [1.29, 1.82) is 0 Å². The van der Waals surface area contributed by atoms with Crippen molar-refractivity contribution < 1.29 is 4.79 Å². The van der Waals surface area contributed by atoms with Crippen LogP contribution < -0.4 is 10.6 Å². The summed E-state index contributed by atoms with van der Waals surface area (Å²) in [7, 11) is 0. The van der Waals surface area contributed by atoms with Crippen LogP contribution in [-0.4, -0.2) is 12.5 Å². The highest BCUT2D eigenvalue weighted by Crippen LogP contribution is 2.38. The number of nitrogens with one attached hydrogen (secondary N) is 2. The maximum Gasteiger partial charge on any atom is 0.231 e. The van der Waals surface area contributed by atoms with Crippen molar-refractivity contribution in [3.05, 3.63) is 23.8 Å². The van der Waals surface area contributed by atoms with Crippen LogP contribution in [-0.2, 0) is 10.2 Å². The van der Waals surface area contributed by atoms with Crippen LogP contribution >= 0.6 is 0 Å². The van der Waals surface area contributed by atoms with Gasteiger partial charge in [-0.1, -0.05) is 32.9 Å². The van der Waals surface area contributed by atoms with Gasteiger partial charge in [-0.25, -0.2) is 0 Å². The highest BCUT2D eigenvalue weighted by molar-refractivity contribution is 6.00. The molecule has 2 N–H and O–H groups in total. The van der Waals surface area contributed by atoms with E-state index in [-0.39, 0.29) is 11.3 Å². The Hall–Kier alpha value is -1.51. The summed E-state index contributed by atoms with van der Waals surface area (Å²) < 4.78 is 0. The van der Waals surface area contributed by atoms with E-state index in [0.29, 0.717) is 6.54 Å². The zero-order valence-corrected chi connectivity index (χ0v) is 11.8. The molecule has 1 aromatic rings. The maximum absolute atomic E-state index is 12.2. The molecule has 3 heteroatoms. The average molecular weight is 246 g/mol. The van der Waals surface area contributed by atoms with Crippen LogP contribution in [0.3, 0.4) is 0 Å². The molecular formula is C15H22N2O. The molecule has 0 saturated heterocycles. The number of amides is 1. The largest absolute Gasteiger partial charge is 0.382 e. The maximum atomic E-state index is 12.2. The van der Waals surface area contributed by atoms with Crippen LogP contribution in [0.5, 0.6) is 0 Å². The first-order valence-corrected chi connectivity index (χ1v) is 6.41. The van der Waals surface area contributed by atoms with E-state index in [0.717, 1.165) is 11.4 Å². The second-order valence-corrected chi connectivity index (χ2v) is 6.67. The Morgan fingerprint density at radius 2 is 1.89 bits per heavy atom. The Balaban J connectivity index is 2.53. The number of benzene rings is 1. The van der Waals surface area contributed by atoms with Crippen molar-refractivity contribution in [2.75, 3.05) is 17.2 Å². The van der Waals surface area contributed by atoms with E-state index in [1.165, 1.54) is 5.56 Å². The molecule has 0 aliphatic carbocycles.